The van der Waals surface area contributed by atoms with E-state index in [-0.39, 0.29) is 12.2 Å². The third-order valence-corrected chi connectivity index (χ3v) is 8.14. The standard InChI is InChI=1S/C25H39N7O2/c1-17-27-24(18-6-5-7-18)32(30-17)20-12-23(29-26-13-20)28-19-8-10-25(2,11-9-19)16-31-14-21(33-3)22(15-31)34-4/h12-13,18-19,21-22H,5-11,14-16H2,1-4H3,(H,28,29)/t19?,21-,22-,25?/m1/s1. The van der Waals surface area contributed by atoms with Crippen molar-refractivity contribution in [3.05, 3.63) is 23.9 Å². The largest absolute Gasteiger partial charge is 0.377 e. The van der Waals surface area contributed by atoms with Crippen LogP contribution >= 0.6 is 0 Å². The van der Waals surface area contributed by atoms with Gasteiger partial charge >= 0.3 is 0 Å². The first-order valence-electron chi connectivity index (χ1n) is 12.8. The van der Waals surface area contributed by atoms with Crippen molar-refractivity contribution < 1.29 is 9.47 Å². The van der Waals surface area contributed by atoms with Gasteiger partial charge in [0.15, 0.2) is 5.82 Å². The molecule has 2 aromatic heterocycles. The molecule has 0 unspecified atom stereocenters. The molecule has 5 rings (SSSR count). The number of likely N-dealkylation sites (tertiary alicyclic amines) is 1. The highest BCUT2D eigenvalue weighted by molar-refractivity contribution is 5.43. The second-order valence-corrected chi connectivity index (χ2v) is 10.8. The van der Waals surface area contributed by atoms with Gasteiger partial charge in [-0.25, -0.2) is 9.67 Å². The van der Waals surface area contributed by atoms with Crippen molar-refractivity contribution >= 4 is 5.82 Å². The number of rotatable bonds is 8. The van der Waals surface area contributed by atoms with Crippen LogP contribution in [0.5, 0.6) is 0 Å². The fourth-order valence-electron chi connectivity index (χ4n) is 5.86. The van der Waals surface area contributed by atoms with Crippen LogP contribution < -0.4 is 5.32 Å². The molecule has 0 amide bonds. The zero-order chi connectivity index (χ0) is 23.7. The van der Waals surface area contributed by atoms with Gasteiger partial charge < -0.3 is 14.8 Å². The van der Waals surface area contributed by atoms with Crippen LogP contribution in [-0.4, -0.2) is 82.0 Å². The molecule has 0 spiro atoms. The van der Waals surface area contributed by atoms with Gasteiger partial charge in [0, 0.05) is 51.9 Å². The summed E-state index contributed by atoms with van der Waals surface area (Å²) in [5.41, 5.74) is 1.26. The van der Waals surface area contributed by atoms with Gasteiger partial charge in [0.2, 0.25) is 0 Å². The number of nitrogens with one attached hydrogen (secondary N) is 1. The van der Waals surface area contributed by atoms with Crippen LogP contribution in [0.1, 0.15) is 69.4 Å². The quantitative estimate of drug-likeness (QED) is 0.630. The second-order valence-electron chi connectivity index (χ2n) is 10.8. The summed E-state index contributed by atoms with van der Waals surface area (Å²) in [6.45, 7) is 7.40. The van der Waals surface area contributed by atoms with Crippen molar-refractivity contribution in [2.24, 2.45) is 5.41 Å². The molecule has 0 bridgehead atoms. The van der Waals surface area contributed by atoms with Gasteiger partial charge in [0.1, 0.15) is 11.6 Å². The Morgan fingerprint density at radius 3 is 2.41 bits per heavy atom. The van der Waals surface area contributed by atoms with Crippen molar-refractivity contribution in [3.8, 4) is 5.69 Å². The van der Waals surface area contributed by atoms with Crippen LogP contribution in [0.25, 0.3) is 5.69 Å². The number of methoxy groups -OCH3 is 2. The molecule has 186 valence electrons. The van der Waals surface area contributed by atoms with E-state index in [2.05, 4.69) is 38.5 Å². The Morgan fingerprint density at radius 1 is 1.09 bits per heavy atom. The fourth-order valence-corrected chi connectivity index (χ4v) is 5.86. The van der Waals surface area contributed by atoms with E-state index < -0.39 is 0 Å². The molecular weight excluding hydrogens is 430 g/mol. The molecule has 1 saturated heterocycles. The van der Waals surface area contributed by atoms with Crippen molar-refractivity contribution in [1.82, 2.24) is 29.9 Å². The highest BCUT2D eigenvalue weighted by Crippen LogP contribution is 2.39. The van der Waals surface area contributed by atoms with Gasteiger partial charge in [0.05, 0.1) is 24.1 Å². The van der Waals surface area contributed by atoms with E-state index in [4.69, 9.17) is 14.5 Å². The third-order valence-electron chi connectivity index (χ3n) is 8.14. The Balaban J connectivity index is 1.18. The first kappa shape index (κ1) is 23.6. The Morgan fingerprint density at radius 2 is 1.79 bits per heavy atom. The van der Waals surface area contributed by atoms with E-state index in [1.165, 1.54) is 32.1 Å². The van der Waals surface area contributed by atoms with Crippen molar-refractivity contribution in [2.75, 3.05) is 39.2 Å². The number of aryl methyl sites for hydroxylation is 1. The summed E-state index contributed by atoms with van der Waals surface area (Å²) >= 11 is 0. The maximum absolute atomic E-state index is 5.62. The Kier molecular flexibility index (Phi) is 6.86. The number of aromatic nitrogens is 5. The summed E-state index contributed by atoms with van der Waals surface area (Å²) in [6, 6.07) is 2.48. The van der Waals surface area contributed by atoms with Crippen molar-refractivity contribution in [1.29, 1.82) is 0 Å². The molecule has 2 aliphatic carbocycles. The number of ether oxygens (including phenoxy) is 2. The lowest BCUT2D eigenvalue weighted by molar-refractivity contribution is -0.00461. The topological polar surface area (TPSA) is 90.2 Å². The summed E-state index contributed by atoms with van der Waals surface area (Å²) in [6.07, 6.45) is 10.5. The van der Waals surface area contributed by atoms with Gasteiger partial charge in [-0.15, -0.1) is 5.10 Å². The number of anilines is 1. The lowest BCUT2D eigenvalue weighted by atomic mass is 9.73. The van der Waals surface area contributed by atoms with Crippen LogP contribution in [-0.2, 0) is 9.47 Å². The fraction of sp³-hybridized carbons (Fsp3) is 0.760. The summed E-state index contributed by atoms with van der Waals surface area (Å²) in [5, 5.41) is 16.9. The van der Waals surface area contributed by atoms with Gasteiger partial charge in [-0.3, -0.25) is 4.90 Å². The summed E-state index contributed by atoms with van der Waals surface area (Å²) < 4.78 is 13.2. The monoisotopic (exact) mass is 469 g/mol. The summed E-state index contributed by atoms with van der Waals surface area (Å²) in [4.78, 5) is 7.21. The van der Waals surface area contributed by atoms with Gasteiger partial charge in [-0.1, -0.05) is 13.3 Å². The van der Waals surface area contributed by atoms with Crippen LogP contribution in [0.4, 0.5) is 5.82 Å². The van der Waals surface area contributed by atoms with E-state index >= 15 is 0 Å². The average molecular weight is 470 g/mol. The molecule has 0 radical (unpaired) electrons. The lowest BCUT2D eigenvalue weighted by Crippen LogP contribution is -2.40. The average Bonchev–Trinajstić information content (AvgIpc) is 3.37. The van der Waals surface area contributed by atoms with Crippen LogP contribution in [0.3, 0.4) is 0 Å². The lowest BCUT2D eigenvalue weighted by Gasteiger charge is -2.40. The predicted molar refractivity (Wildman–Crippen MR) is 130 cm³/mol. The van der Waals surface area contributed by atoms with Crippen molar-refractivity contribution in [3.63, 3.8) is 0 Å². The number of hydrogen-bond donors (Lipinski definition) is 1. The highest BCUT2D eigenvalue weighted by Gasteiger charge is 2.38. The van der Waals surface area contributed by atoms with E-state index in [9.17, 15) is 0 Å². The molecule has 2 saturated carbocycles. The molecule has 2 aromatic rings. The van der Waals surface area contributed by atoms with Crippen LogP contribution in [0.15, 0.2) is 12.3 Å². The first-order chi connectivity index (χ1) is 16.5. The minimum Gasteiger partial charge on any atom is -0.377 e. The molecule has 3 heterocycles. The minimum absolute atomic E-state index is 0.177. The Hall–Kier alpha value is -2.10. The van der Waals surface area contributed by atoms with E-state index in [1.807, 2.05) is 11.6 Å². The summed E-state index contributed by atoms with van der Waals surface area (Å²) in [5.74, 6) is 3.20. The van der Waals surface area contributed by atoms with E-state index in [0.717, 1.165) is 55.6 Å². The SMILES string of the molecule is CO[C@@H]1CN(CC2(C)CCC(Nc3cc(-n4nc(C)nc4C4CCC4)cnn3)CC2)C[C@H]1OC. The molecular formula is C25H39N7O2. The van der Waals surface area contributed by atoms with E-state index in [1.54, 1.807) is 20.4 Å². The molecule has 3 fully saturated rings. The van der Waals surface area contributed by atoms with E-state index in [0.29, 0.717) is 17.4 Å². The van der Waals surface area contributed by atoms with Crippen LogP contribution in [0.2, 0.25) is 0 Å². The van der Waals surface area contributed by atoms with Crippen molar-refractivity contribution in [2.45, 2.75) is 83.0 Å². The maximum Gasteiger partial charge on any atom is 0.151 e. The molecule has 0 aromatic carbocycles. The Labute approximate surface area is 202 Å². The molecule has 34 heavy (non-hydrogen) atoms. The number of nitrogens with zero attached hydrogens (tertiary/aromatic N) is 6. The second kappa shape index (κ2) is 9.87. The summed E-state index contributed by atoms with van der Waals surface area (Å²) in [7, 11) is 3.57. The zero-order valence-corrected chi connectivity index (χ0v) is 21.0. The molecule has 2 atom stereocenters. The maximum atomic E-state index is 5.62. The van der Waals surface area contributed by atoms with Crippen LogP contribution in [0, 0.1) is 12.3 Å². The zero-order valence-electron chi connectivity index (χ0n) is 21.0. The molecule has 9 heteroatoms. The molecule has 1 N–H and O–H groups in total. The third kappa shape index (κ3) is 4.97. The van der Waals surface area contributed by atoms with Gasteiger partial charge in [-0.2, -0.15) is 10.2 Å². The smallest absolute Gasteiger partial charge is 0.151 e. The normalized spacial score (nSPS) is 30.4. The minimum atomic E-state index is 0.177. The van der Waals surface area contributed by atoms with Gasteiger partial charge in [-0.05, 0) is 50.9 Å². The highest BCUT2D eigenvalue weighted by atomic mass is 16.5. The number of hydrogen-bond acceptors (Lipinski definition) is 8. The first-order valence-corrected chi connectivity index (χ1v) is 12.8. The molecule has 1 aliphatic heterocycles. The predicted octanol–water partition coefficient (Wildman–Crippen LogP) is 3.34. The molecule has 9 nitrogen and oxygen atoms in total. The van der Waals surface area contributed by atoms with Gasteiger partial charge in [0.25, 0.3) is 0 Å². The molecule has 3 aliphatic rings. The Bertz CT molecular complexity index is 956.